The molecular weight excluding hydrogens is 230 g/mol. The molecule has 0 aromatic rings. The van der Waals surface area contributed by atoms with Gasteiger partial charge >= 0.3 is 0 Å². The van der Waals surface area contributed by atoms with Gasteiger partial charge in [0.2, 0.25) is 0 Å². The number of thiocarbonyl (C=S) groups is 1. The monoisotopic (exact) mass is 249 g/mol. The quantitative estimate of drug-likeness (QED) is 0.448. The van der Waals surface area contributed by atoms with Crippen LogP contribution in [-0.2, 0) is 0 Å². The van der Waals surface area contributed by atoms with E-state index in [-0.39, 0.29) is 0 Å². The SMILES string of the molecule is S=C(NN=C1CCCC1)N[C@@H]1C[C@@H]2C=C[C@H]1C2. The van der Waals surface area contributed by atoms with Gasteiger partial charge in [-0.25, -0.2) is 0 Å². The van der Waals surface area contributed by atoms with Crippen molar-refractivity contribution in [2.45, 2.75) is 44.6 Å². The normalized spacial score (nSPS) is 34.1. The Labute approximate surface area is 108 Å². The Balaban J connectivity index is 1.47. The standard InChI is InChI=1S/C13H19N3S/c17-13(16-15-11-3-1-2-4-11)14-12-8-9-5-6-10(12)7-9/h5-6,9-10,12H,1-4,7-8H2,(H2,14,16,17)/t9-,10+,12-/m1/s1. The summed E-state index contributed by atoms with van der Waals surface area (Å²) in [6.45, 7) is 0. The zero-order chi connectivity index (χ0) is 11.7. The van der Waals surface area contributed by atoms with Crippen LogP contribution in [0.25, 0.3) is 0 Å². The minimum Gasteiger partial charge on any atom is -0.358 e. The molecule has 0 radical (unpaired) electrons. The lowest BCUT2D eigenvalue weighted by molar-refractivity contribution is 0.520. The van der Waals surface area contributed by atoms with Crippen LogP contribution in [0.15, 0.2) is 17.3 Å². The zero-order valence-corrected chi connectivity index (χ0v) is 10.8. The van der Waals surface area contributed by atoms with Crippen molar-refractivity contribution in [2.75, 3.05) is 0 Å². The van der Waals surface area contributed by atoms with Crippen molar-refractivity contribution in [1.82, 2.24) is 10.7 Å². The Hall–Kier alpha value is -0.900. The molecule has 2 bridgehead atoms. The van der Waals surface area contributed by atoms with E-state index in [2.05, 4.69) is 28.0 Å². The molecule has 92 valence electrons. The van der Waals surface area contributed by atoms with Crippen LogP contribution in [0.3, 0.4) is 0 Å². The number of nitrogens with zero attached hydrogens (tertiary/aromatic N) is 1. The van der Waals surface area contributed by atoms with Crippen LogP contribution in [0, 0.1) is 11.8 Å². The highest BCUT2D eigenvalue weighted by Gasteiger charge is 2.35. The first-order chi connectivity index (χ1) is 8.31. The molecule has 17 heavy (non-hydrogen) atoms. The third-order valence-corrected chi connectivity index (χ3v) is 4.30. The second kappa shape index (κ2) is 4.77. The van der Waals surface area contributed by atoms with E-state index in [1.165, 1.54) is 31.4 Å². The van der Waals surface area contributed by atoms with Crippen molar-refractivity contribution in [1.29, 1.82) is 0 Å². The fraction of sp³-hybridized carbons (Fsp3) is 0.692. The molecule has 3 atom stereocenters. The van der Waals surface area contributed by atoms with Gasteiger partial charge in [-0.3, -0.25) is 5.43 Å². The molecule has 4 heteroatoms. The molecule has 0 aromatic carbocycles. The van der Waals surface area contributed by atoms with E-state index in [0.29, 0.717) is 17.1 Å². The molecule has 0 aliphatic heterocycles. The van der Waals surface area contributed by atoms with Crippen LogP contribution in [0.1, 0.15) is 38.5 Å². The van der Waals surface area contributed by atoms with Crippen LogP contribution in [0.2, 0.25) is 0 Å². The maximum absolute atomic E-state index is 5.29. The lowest BCUT2D eigenvalue weighted by atomic mass is 10.0. The van der Waals surface area contributed by atoms with Gasteiger partial charge in [-0.2, -0.15) is 5.10 Å². The van der Waals surface area contributed by atoms with Gasteiger partial charge in [-0.15, -0.1) is 0 Å². The lowest BCUT2D eigenvalue weighted by Gasteiger charge is -2.20. The Morgan fingerprint density at radius 1 is 1.24 bits per heavy atom. The fourth-order valence-corrected chi connectivity index (χ4v) is 3.37. The summed E-state index contributed by atoms with van der Waals surface area (Å²) >= 11 is 5.29. The molecule has 2 N–H and O–H groups in total. The van der Waals surface area contributed by atoms with Crippen molar-refractivity contribution in [2.24, 2.45) is 16.9 Å². The summed E-state index contributed by atoms with van der Waals surface area (Å²) in [6.07, 6.45) is 12.0. The number of hydrazone groups is 1. The predicted octanol–water partition coefficient (Wildman–Crippen LogP) is 2.35. The third kappa shape index (κ3) is 2.51. The van der Waals surface area contributed by atoms with Gasteiger partial charge in [0, 0.05) is 11.8 Å². The van der Waals surface area contributed by atoms with Gasteiger partial charge in [-0.05, 0) is 62.6 Å². The molecule has 0 spiro atoms. The molecule has 3 nitrogen and oxygen atoms in total. The van der Waals surface area contributed by atoms with E-state index in [9.17, 15) is 0 Å². The van der Waals surface area contributed by atoms with Gasteiger partial charge in [0.05, 0.1) is 0 Å². The summed E-state index contributed by atoms with van der Waals surface area (Å²) in [4.78, 5) is 0. The number of nitrogens with one attached hydrogen (secondary N) is 2. The average molecular weight is 249 g/mol. The summed E-state index contributed by atoms with van der Waals surface area (Å²) in [7, 11) is 0. The third-order valence-electron chi connectivity index (χ3n) is 4.09. The lowest BCUT2D eigenvalue weighted by Crippen LogP contribution is -2.42. The molecule has 2 saturated carbocycles. The number of hydrogen-bond acceptors (Lipinski definition) is 2. The average Bonchev–Trinajstić information content (AvgIpc) is 3.03. The largest absolute Gasteiger partial charge is 0.358 e. The van der Waals surface area contributed by atoms with Crippen LogP contribution in [-0.4, -0.2) is 16.9 Å². The molecule has 0 unspecified atom stereocenters. The maximum atomic E-state index is 5.29. The van der Waals surface area contributed by atoms with Gasteiger partial charge < -0.3 is 5.32 Å². The Kier molecular flexibility index (Phi) is 3.14. The molecule has 3 aliphatic carbocycles. The highest BCUT2D eigenvalue weighted by molar-refractivity contribution is 7.80. The molecular formula is C13H19N3S. The van der Waals surface area contributed by atoms with E-state index < -0.39 is 0 Å². The first kappa shape index (κ1) is 11.2. The number of hydrogen-bond donors (Lipinski definition) is 2. The second-order valence-corrected chi connectivity index (χ2v) is 5.77. The number of fused-ring (bicyclic) bond motifs is 2. The Bertz CT molecular complexity index is 367. The summed E-state index contributed by atoms with van der Waals surface area (Å²) in [5, 5.41) is 8.46. The summed E-state index contributed by atoms with van der Waals surface area (Å²) in [5.74, 6) is 1.46. The second-order valence-electron chi connectivity index (χ2n) is 5.36. The van der Waals surface area contributed by atoms with E-state index >= 15 is 0 Å². The molecule has 0 saturated heterocycles. The fourth-order valence-electron chi connectivity index (χ4n) is 3.17. The highest BCUT2D eigenvalue weighted by atomic mass is 32.1. The molecule has 0 amide bonds. The van der Waals surface area contributed by atoms with E-state index in [1.807, 2.05) is 0 Å². The van der Waals surface area contributed by atoms with E-state index in [0.717, 1.165) is 18.8 Å². The smallest absolute Gasteiger partial charge is 0.187 e. The van der Waals surface area contributed by atoms with Crippen LogP contribution in [0.5, 0.6) is 0 Å². The van der Waals surface area contributed by atoms with Crippen molar-refractivity contribution >= 4 is 23.0 Å². The van der Waals surface area contributed by atoms with Crippen molar-refractivity contribution in [3.63, 3.8) is 0 Å². The van der Waals surface area contributed by atoms with Crippen LogP contribution >= 0.6 is 12.2 Å². The Morgan fingerprint density at radius 2 is 2.06 bits per heavy atom. The van der Waals surface area contributed by atoms with Crippen molar-refractivity contribution < 1.29 is 0 Å². The van der Waals surface area contributed by atoms with Crippen molar-refractivity contribution in [3.05, 3.63) is 12.2 Å². The van der Waals surface area contributed by atoms with Crippen LogP contribution in [0.4, 0.5) is 0 Å². The predicted molar refractivity (Wildman–Crippen MR) is 73.9 cm³/mol. The first-order valence-corrected chi connectivity index (χ1v) is 7.02. The molecule has 2 fully saturated rings. The number of rotatable bonds is 2. The molecule has 0 aromatic heterocycles. The van der Waals surface area contributed by atoms with Gasteiger partial charge in [0.25, 0.3) is 0 Å². The summed E-state index contributed by atoms with van der Waals surface area (Å²) in [6, 6.07) is 0.522. The molecule has 3 rings (SSSR count). The molecule has 3 aliphatic rings. The van der Waals surface area contributed by atoms with Crippen molar-refractivity contribution in [3.8, 4) is 0 Å². The van der Waals surface area contributed by atoms with E-state index in [1.54, 1.807) is 0 Å². The zero-order valence-electron chi connectivity index (χ0n) is 9.98. The molecule has 0 heterocycles. The summed E-state index contributed by atoms with van der Waals surface area (Å²) < 4.78 is 0. The van der Waals surface area contributed by atoms with Gasteiger partial charge in [-0.1, -0.05) is 12.2 Å². The topological polar surface area (TPSA) is 36.4 Å². The first-order valence-electron chi connectivity index (χ1n) is 6.61. The van der Waals surface area contributed by atoms with Gasteiger partial charge in [0.15, 0.2) is 5.11 Å². The minimum absolute atomic E-state index is 0.522. The highest BCUT2D eigenvalue weighted by Crippen LogP contribution is 2.38. The minimum atomic E-state index is 0.522. The van der Waals surface area contributed by atoms with Crippen LogP contribution < -0.4 is 10.7 Å². The summed E-state index contributed by atoms with van der Waals surface area (Å²) in [5.41, 5.74) is 4.26. The van der Waals surface area contributed by atoms with E-state index in [4.69, 9.17) is 12.2 Å². The van der Waals surface area contributed by atoms with Gasteiger partial charge in [0.1, 0.15) is 0 Å². The maximum Gasteiger partial charge on any atom is 0.187 e. The number of allylic oxidation sites excluding steroid dienone is 1. The Morgan fingerprint density at radius 3 is 2.71 bits per heavy atom.